The molecule has 8 heteroatoms. The number of hydrogen-bond acceptors (Lipinski definition) is 6. The molecule has 1 atom stereocenters. The SMILES string of the molecule is CCOc1ccccc1-n1nnnc1SC(C)C(=O)NC12CC3CC(CC(C3)C1)C2. The second kappa shape index (κ2) is 7.87. The van der Waals surface area contributed by atoms with Crippen molar-refractivity contribution in [2.24, 2.45) is 17.8 Å². The number of rotatable bonds is 7. The quantitative estimate of drug-likeness (QED) is 0.680. The number of carbonyl (C=O) groups excluding carboxylic acids is 1. The lowest BCUT2D eigenvalue weighted by atomic mass is 9.53. The van der Waals surface area contributed by atoms with Crippen molar-refractivity contribution < 1.29 is 9.53 Å². The van der Waals surface area contributed by atoms with E-state index >= 15 is 0 Å². The molecule has 1 heterocycles. The predicted octanol–water partition coefficient (Wildman–Crippen LogP) is 3.63. The topological polar surface area (TPSA) is 81.9 Å². The maximum atomic E-state index is 13.1. The number of para-hydroxylation sites is 2. The number of ether oxygens (including phenoxy) is 1. The first kappa shape index (κ1) is 19.8. The average molecular weight is 428 g/mol. The Morgan fingerprint density at radius 2 is 1.90 bits per heavy atom. The smallest absolute Gasteiger partial charge is 0.233 e. The van der Waals surface area contributed by atoms with Gasteiger partial charge < -0.3 is 10.1 Å². The molecule has 0 aliphatic heterocycles. The molecular weight excluding hydrogens is 398 g/mol. The van der Waals surface area contributed by atoms with Crippen LogP contribution in [0, 0.1) is 17.8 Å². The van der Waals surface area contributed by atoms with E-state index < -0.39 is 0 Å². The molecule has 1 aromatic carbocycles. The third-order valence-electron chi connectivity index (χ3n) is 6.91. The molecule has 0 saturated heterocycles. The number of aromatic nitrogens is 4. The maximum Gasteiger partial charge on any atom is 0.233 e. The van der Waals surface area contributed by atoms with E-state index in [-0.39, 0.29) is 16.7 Å². The van der Waals surface area contributed by atoms with Crippen LogP contribution in [0.2, 0.25) is 0 Å². The first-order valence-corrected chi connectivity index (χ1v) is 11.9. The first-order chi connectivity index (χ1) is 14.5. The van der Waals surface area contributed by atoms with Gasteiger partial charge in [0.1, 0.15) is 11.4 Å². The monoisotopic (exact) mass is 427 g/mol. The van der Waals surface area contributed by atoms with E-state index in [9.17, 15) is 4.79 Å². The Kier molecular flexibility index (Phi) is 5.21. The highest BCUT2D eigenvalue weighted by molar-refractivity contribution is 8.00. The highest BCUT2D eigenvalue weighted by Gasteiger charge is 2.51. The van der Waals surface area contributed by atoms with Gasteiger partial charge in [0.15, 0.2) is 0 Å². The fraction of sp³-hybridized carbons (Fsp3) is 0.636. The maximum absolute atomic E-state index is 13.1. The standard InChI is InChI=1S/C22H29N5O2S/c1-3-29-19-7-5-4-6-18(19)27-21(24-25-26-27)30-14(2)20(28)23-22-11-15-8-16(12-22)10-17(9-15)13-22/h4-7,14-17H,3,8-13H2,1-2H3,(H,23,28). The molecule has 4 bridgehead atoms. The molecule has 160 valence electrons. The number of tetrazole rings is 1. The van der Waals surface area contributed by atoms with Gasteiger partial charge in [-0.1, -0.05) is 23.9 Å². The van der Waals surface area contributed by atoms with Crippen LogP contribution < -0.4 is 10.1 Å². The average Bonchev–Trinajstić information content (AvgIpc) is 3.15. The highest BCUT2D eigenvalue weighted by Crippen LogP contribution is 2.55. The van der Waals surface area contributed by atoms with E-state index in [0.717, 1.165) is 48.5 Å². The Balaban J connectivity index is 1.29. The molecule has 0 radical (unpaired) electrons. The molecule has 30 heavy (non-hydrogen) atoms. The minimum absolute atomic E-state index is 0.0220. The lowest BCUT2D eigenvalue weighted by molar-refractivity contribution is -0.126. The summed E-state index contributed by atoms with van der Waals surface area (Å²) >= 11 is 1.39. The lowest BCUT2D eigenvalue weighted by Crippen LogP contribution is -2.60. The van der Waals surface area contributed by atoms with Crippen LogP contribution >= 0.6 is 11.8 Å². The normalized spacial score (nSPS) is 30.3. The molecule has 2 aromatic rings. The van der Waals surface area contributed by atoms with Crippen LogP contribution in [0.4, 0.5) is 0 Å². The molecule has 1 amide bonds. The zero-order chi connectivity index (χ0) is 20.7. The summed E-state index contributed by atoms with van der Waals surface area (Å²) in [4.78, 5) is 13.1. The molecule has 4 saturated carbocycles. The molecule has 4 fully saturated rings. The second-order valence-electron chi connectivity index (χ2n) is 9.22. The number of nitrogens with one attached hydrogen (secondary N) is 1. The van der Waals surface area contributed by atoms with Crippen LogP contribution in [0.1, 0.15) is 52.4 Å². The molecule has 7 nitrogen and oxygen atoms in total. The number of amides is 1. The third-order valence-corrected chi connectivity index (χ3v) is 7.95. The minimum Gasteiger partial charge on any atom is -0.492 e. The molecule has 1 unspecified atom stereocenters. The van der Waals surface area contributed by atoms with Crippen molar-refractivity contribution in [3.05, 3.63) is 24.3 Å². The Morgan fingerprint density at radius 3 is 2.57 bits per heavy atom. The summed E-state index contributed by atoms with van der Waals surface area (Å²) in [6, 6.07) is 7.67. The number of benzene rings is 1. The summed E-state index contributed by atoms with van der Waals surface area (Å²) in [6.45, 7) is 4.45. The Morgan fingerprint density at radius 1 is 1.23 bits per heavy atom. The van der Waals surface area contributed by atoms with Crippen molar-refractivity contribution in [2.45, 2.75) is 68.3 Å². The van der Waals surface area contributed by atoms with Crippen molar-refractivity contribution >= 4 is 17.7 Å². The van der Waals surface area contributed by atoms with Crippen molar-refractivity contribution in [3.8, 4) is 11.4 Å². The van der Waals surface area contributed by atoms with Gasteiger partial charge in [0.25, 0.3) is 0 Å². The number of thioether (sulfide) groups is 1. The van der Waals surface area contributed by atoms with Crippen molar-refractivity contribution in [1.82, 2.24) is 25.5 Å². The van der Waals surface area contributed by atoms with Gasteiger partial charge in [-0.15, -0.1) is 5.10 Å². The van der Waals surface area contributed by atoms with Crippen LogP contribution in [-0.2, 0) is 4.79 Å². The largest absolute Gasteiger partial charge is 0.492 e. The third kappa shape index (κ3) is 3.70. The summed E-state index contributed by atoms with van der Waals surface area (Å²) in [7, 11) is 0. The van der Waals surface area contributed by atoms with E-state index in [4.69, 9.17) is 4.74 Å². The van der Waals surface area contributed by atoms with Crippen LogP contribution in [0.25, 0.3) is 5.69 Å². The van der Waals surface area contributed by atoms with Crippen molar-refractivity contribution in [2.75, 3.05) is 6.61 Å². The number of nitrogens with zero attached hydrogens (tertiary/aromatic N) is 4. The summed E-state index contributed by atoms with van der Waals surface area (Å²) in [5.41, 5.74) is 0.800. The molecule has 4 aliphatic carbocycles. The van der Waals surface area contributed by atoms with Crippen LogP contribution in [0.5, 0.6) is 5.75 Å². The fourth-order valence-electron chi connectivity index (χ4n) is 6.15. The van der Waals surface area contributed by atoms with Gasteiger partial charge in [-0.25, -0.2) is 0 Å². The highest BCUT2D eigenvalue weighted by atomic mass is 32.2. The molecule has 4 aliphatic rings. The van der Waals surface area contributed by atoms with Crippen molar-refractivity contribution in [1.29, 1.82) is 0 Å². The summed E-state index contributed by atoms with van der Waals surface area (Å²) in [6.07, 6.45) is 7.57. The van der Waals surface area contributed by atoms with Gasteiger partial charge in [0.2, 0.25) is 11.1 Å². The van der Waals surface area contributed by atoms with Crippen LogP contribution in [0.15, 0.2) is 29.4 Å². The second-order valence-corrected chi connectivity index (χ2v) is 10.5. The van der Waals surface area contributed by atoms with Crippen LogP contribution in [-0.4, -0.2) is 43.5 Å². The Bertz CT molecular complexity index is 894. The van der Waals surface area contributed by atoms with Gasteiger partial charge in [-0.05, 0) is 92.7 Å². The van der Waals surface area contributed by atoms with Crippen LogP contribution in [0.3, 0.4) is 0 Å². The molecule has 1 aromatic heterocycles. The van der Waals surface area contributed by atoms with Gasteiger partial charge in [-0.3, -0.25) is 4.79 Å². The fourth-order valence-corrected chi connectivity index (χ4v) is 6.95. The van der Waals surface area contributed by atoms with E-state index in [1.165, 1.54) is 31.0 Å². The van der Waals surface area contributed by atoms with E-state index in [1.54, 1.807) is 4.68 Å². The molecular formula is C22H29N5O2S. The Labute approximate surface area is 181 Å². The number of hydrogen-bond donors (Lipinski definition) is 1. The predicted molar refractivity (Wildman–Crippen MR) is 115 cm³/mol. The summed E-state index contributed by atoms with van der Waals surface area (Å²) < 4.78 is 7.38. The van der Waals surface area contributed by atoms with E-state index in [0.29, 0.717) is 11.8 Å². The molecule has 1 N–H and O–H groups in total. The Hall–Kier alpha value is -2.09. The van der Waals surface area contributed by atoms with Crippen molar-refractivity contribution in [3.63, 3.8) is 0 Å². The summed E-state index contributed by atoms with van der Waals surface area (Å²) in [5, 5.41) is 15.9. The van der Waals surface area contributed by atoms with Gasteiger partial charge >= 0.3 is 0 Å². The van der Waals surface area contributed by atoms with Gasteiger partial charge in [0.05, 0.1) is 11.9 Å². The van der Waals surface area contributed by atoms with Gasteiger partial charge in [-0.2, -0.15) is 4.68 Å². The van der Waals surface area contributed by atoms with E-state index in [2.05, 4.69) is 20.8 Å². The van der Waals surface area contributed by atoms with Gasteiger partial charge in [0, 0.05) is 5.54 Å². The zero-order valence-electron chi connectivity index (χ0n) is 17.6. The molecule has 0 spiro atoms. The number of carbonyl (C=O) groups is 1. The zero-order valence-corrected chi connectivity index (χ0v) is 18.4. The summed E-state index contributed by atoms with van der Waals surface area (Å²) in [5.74, 6) is 3.24. The van der Waals surface area contributed by atoms with E-state index in [1.807, 2.05) is 38.1 Å². The minimum atomic E-state index is -0.276. The lowest BCUT2D eigenvalue weighted by Gasteiger charge is -2.57. The first-order valence-electron chi connectivity index (χ1n) is 11.0. The molecule has 6 rings (SSSR count).